The maximum Gasteiger partial charge on any atom is 0.220 e. The molecule has 0 spiro atoms. The molecule has 0 aromatic carbocycles. The summed E-state index contributed by atoms with van der Waals surface area (Å²) in [7, 11) is 0. The van der Waals surface area contributed by atoms with E-state index in [0.29, 0.717) is 0 Å². The molecule has 2 heterocycles. The Morgan fingerprint density at radius 1 is 1.25 bits per heavy atom. The average Bonchev–Trinajstić information content (AvgIpc) is 2.56. The zero-order valence-electron chi connectivity index (χ0n) is 6.23. The second-order valence-electron chi connectivity index (χ2n) is 2.27. The molecule has 0 unspecified atom stereocenters. The van der Waals surface area contributed by atoms with Crippen LogP contribution in [0.15, 0.2) is 24.5 Å². The zero-order valence-corrected chi connectivity index (χ0v) is 6.23. The lowest BCUT2D eigenvalue weighted by molar-refractivity contribution is 1.08. The van der Waals surface area contributed by atoms with E-state index in [1.807, 2.05) is 6.07 Å². The molecule has 0 fully saturated rings. The number of nitrogens with one attached hydrogen (secondary N) is 1. The SMILES string of the molecule is Nc1nccc(-c2ccn[nH]2)n1. The average molecular weight is 161 g/mol. The fourth-order valence-electron chi connectivity index (χ4n) is 0.922. The lowest BCUT2D eigenvalue weighted by Crippen LogP contribution is -1.95. The molecule has 0 bridgehead atoms. The molecule has 0 saturated carbocycles. The summed E-state index contributed by atoms with van der Waals surface area (Å²) in [5.41, 5.74) is 7.00. The van der Waals surface area contributed by atoms with Gasteiger partial charge in [-0.1, -0.05) is 0 Å². The predicted molar refractivity (Wildman–Crippen MR) is 44.0 cm³/mol. The van der Waals surface area contributed by atoms with Gasteiger partial charge in [0.05, 0.1) is 11.4 Å². The molecule has 5 heteroatoms. The molecule has 0 aliphatic rings. The minimum Gasteiger partial charge on any atom is -0.368 e. The van der Waals surface area contributed by atoms with Gasteiger partial charge in [-0.15, -0.1) is 0 Å². The third-order valence-corrected chi connectivity index (χ3v) is 1.45. The van der Waals surface area contributed by atoms with Crippen LogP contribution in [0, 0.1) is 0 Å². The van der Waals surface area contributed by atoms with Gasteiger partial charge in [0.15, 0.2) is 0 Å². The first-order valence-electron chi connectivity index (χ1n) is 3.44. The van der Waals surface area contributed by atoms with E-state index < -0.39 is 0 Å². The quantitative estimate of drug-likeness (QED) is 0.636. The van der Waals surface area contributed by atoms with Crippen LogP contribution in [-0.4, -0.2) is 20.2 Å². The minimum absolute atomic E-state index is 0.266. The van der Waals surface area contributed by atoms with Crippen molar-refractivity contribution < 1.29 is 0 Å². The Bertz CT molecular complexity index is 367. The first-order valence-corrected chi connectivity index (χ1v) is 3.44. The molecule has 0 atom stereocenters. The number of anilines is 1. The third kappa shape index (κ3) is 1.12. The van der Waals surface area contributed by atoms with Crippen molar-refractivity contribution in [3.05, 3.63) is 24.5 Å². The maximum absolute atomic E-state index is 5.41. The highest BCUT2D eigenvalue weighted by Crippen LogP contribution is 2.11. The van der Waals surface area contributed by atoms with Crippen LogP contribution in [0.5, 0.6) is 0 Å². The summed E-state index contributed by atoms with van der Waals surface area (Å²) in [6, 6.07) is 3.59. The molecular weight excluding hydrogens is 154 g/mol. The number of hydrogen-bond donors (Lipinski definition) is 2. The van der Waals surface area contributed by atoms with Crippen molar-refractivity contribution in [2.24, 2.45) is 0 Å². The summed E-state index contributed by atoms with van der Waals surface area (Å²) < 4.78 is 0. The fourth-order valence-corrected chi connectivity index (χ4v) is 0.922. The molecule has 0 amide bonds. The van der Waals surface area contributed by atoms with Gasteiger partial charge in [-0.25, -0.2) is 9.97 Å². The molecule has 2 aromatic heterocycles. The summed E-state index contributed by atoms with van der Waals surface area (Å²) in [6.45, 7) is 0. The fraction of sp³-hybridized carbons (Fsp3) is 0. The van der Waals surface area contributed by atoms with Crippen LogP contribution >= 0.6 is 0 Å². The van der Waals surface area contributed by atoms with E-state index in [2.05, 4.69) is 20.2 Å². The number of H-pyrrole nitrogens is 1. The lowest BCUT2D eigenvalue weighted by Gasteiger charge is -1.95. The Morgan fingerprint density at radius 2 is 2.17 bits per heavy atom. The predicted octanol–water partition coefficient (Wildman–Crippen LogP) is 0.449. The molecule has 0 aliphatic carbocycles. The van der Waals surface area contributed by atoms with Gasteiger partial charge in [0.1, 0.15) is 0 Å². The van der Waals surface area contributed by atoms with Gasteiger partial charge in [0.25, 0.3) is 0 Å². The molecule has 12 heavy (non-hydrogen) atoms. The molecule has 0 saturated heterocycles. The Morgan fingerprint density at radius 3 is 2.83 bits per heavy atom. The topological polar surface area (TPSA) is 80.5 Å². The second kappa shape index (κ2) is 2.61. The van der Waals surface area contributed by atoms with Crippen LogP contribution in [-0.2, 0) is 0 Å². The van der Waals surface area contributed by atoms with Crippen molar-refractivity contribution in [2.45, 2.75) is 0 Å². The molecule has 0 aliphatic heterocycles. The Hall–Kier alpha value is -1.91. The largest absolute Gasteiger partial charge is 0.368 e. The number of nitrogens with two attached hydrogens (primary N) is 1. The molecule has 5 nitrogen and oxygen atoms in total. The maximum atomic E-state index is 5.41. The van der Waals surface area contributed by atoms with Gasteiger partial charge in [-0.3, -0.25) is 5.10 Å². The molecule has 3 N–H and O–H groups in total. The van der Waals surface area contributed by atoms with Crippen LogP contribution < -0.4 is 5.73 Å². The lowest BCUT2D eigenvalue weighted by atomic mass is 10.3. The van der Waals surface area contributed by atoms with E-state index in [0.717, 1.165) is 11.4 Å². The van der Waals surface area contributed by atoms with Crippen LogP contribution in [0.1, 0.15) is 0 Å². The number of nitrogen functional groups attached to an aromatic ring is 1. The van der Waals surface area contributed by atoms with Crippen LogP contribution in [0.25, 0.3) is 11.4 Å². The number of hydrogen-bond acceptors (Lipinski definition) is 4. The standard InChI is InChI=1S/C7H7N5/c8-7-9-3-1-5(11-7)6-2-4-10-12-6/h1-4H,(H,10,12)(H2,8,9,11). The van der Waals surface area contributed by atoms with Gasteiger partial charge in [0, 0.05) is 12.4 Å². The first-order chi connectivity index (χ1) is 5.86. The summed E-state index contributed by atoms with van der Waals surface area (Å²) >= 11 is 0. The monoisotopic (exact) mass is 161 g/mol. The number of aromatic nitrogens is 4. The third-order valence-electron chi connectivity index (χ3n) is 1.45. The van der Waals surface area contributed by atoms with Crippen molar-refractivity contribution in [1.29, 1.82) is 0 Å². The van der Waals surface area contributed by atoms with Gasteiger partial charge in [0.2, 0.25) is 5.95 Å². The molecule has 0 radical (unpaired) electrons. The van der Waals surface area contributed by atoms with Gasteiger partial charge >= 0.3 is 0 Å². The van der Waals surface area contributed by atoms with E-state index in [1.54, 1.807) is 18.5 Å². The molecule has 2 aromatic rings. The van der Waals surface area contributed by atoms with E-state index in [9.17, 15) is 0 Å². The zero-order chi connectivity index (χ0) is 8.39. The van der Waals surface area contributed by atoms with Crippen molar-refractivity contribution >= 4 is 5.95 Å². The number of nitrogens with zero attached hydrogens (tertiary/aromatic N) is 3. The molecule has 60 valence electrons. The second-order valence-corrected chi connectivity index (χ2v) is 2.27. The Kier molecular flexibility index (Phi) is 1.48. The highest BCUT2D eigenvalue weighted by atomic mass is 15.1. The number of aromatic amines is 1. The van der Waals surface area contributed by atoms with Crippen LogP contribution in [0.2, 0.25) is 0 Å². The Labute approximate surface area is 68.7 Å². The van der Waals surface area contributed by atoms with Gasteiger partial charge in [-0.05, 0) is 12.1 Å². The van der Waals surface area contributed by atoms with E-state index in [-0.39, 0.29) is 5.95 Å². The summed E-state index contributed by atoms with van der Waals surface area (Å²) in [5.74, 6) is 0.266. The highest BCUT2D eigenvalue weighted by Gasteiger charge is 1.99. The highest BCUT2D eigenvalue weighted by molar-refractivity contribution is 5.53. The summed E-state index contributed by atoms with van der Waals surface area (Å²) in [5, 5.41) is 6.59. The van der Waals surface area contributed by atoms with E-state index in [4.69, 9.17) is 5.73 Å². The van der Waals surface area contributed by atoms with Crippen LogP contribution in [0.3, 0.4) is 0 Å². The van der Waals surface area contributed by atoms with Crippen molar-refractivity contribution in [2.75, 3.05) is 5.73 Å². The van der Waals surface area contributed by atoms with E-state index >= 15 is 0 Å². The van der Waals surface area contributed by atoms with Gasteiger partial charge < -0.3 is 5.73 Å². The first kappa shape index (κ1) is 6.78. The van der Waals surface area contributed by atoms with Crippen molar-refractivity contribution in [3.63, 3.8) is 0 Å². The van der Waals surface area contributed by atoms with Gasteiger partial charge in [-0.2, -0.15) is 5.10 Å². The normalized spacial score (nSPS) is 10.0. The minimum atomic E-state index is 0.266. The summed E-state index contributed by atoms with van der Waals surface area (Å²) in [4.78, 5) is 7.79. The molecular formula is C7H7N5. The van der Waals surface area contributed by atoms with Crippen molar-refractivity contribution in [3.8, 4) is 11.4 Å². The van der Waals surface area contributed by atoms with E-state index in [1.165, 1.54) is 0 Å². The smallest absolute Gasteiger partial charge is 0.220 e. The molecule has 2 rings (SSSR count). The van der Waals surface area contributed by atoms with Crippen molar-refractivity contribution in [1.82, 2.24) is 20.2 Å². The van der Waals surface area contributed by atoms with Crippen LogP contribution in [0.4, 0.5) is 5.95 Å². The Balaban J connectivity index is 2.48. The number of rotatable bonds is 1. The summed E-state index contributed by atoms with van der Waals surface area (Å²) in [6.07, 6.45) is 3.27.